The highest BCUT2D eigenvalue weighted by molar-refractivity contribution is 6.00. The Morgan fingerprint density at radius 1 is 1.09 bits per heavy atom. The molecule has 5 heteroatoms. The molecule has 0 radical (unpaired) electrons. The summed E-state index contributed by atoms with van der Waals surface area (Å²) in [6, 6.07) is 11.4. The molecule has 23 heavy (non-hydrogen) atoms. The molecule has 0 aliphatic carbocycles. The number of carbonyl (C=O) groups is 2. The quantitative estimate of drug-likeness (QED) is 0.655. The minimum absolute atomic E-state index is 0.0431. The van der Waals surface area contributed by atoms with Crippen LogP contribution >= 0.6 is 0 Å². The standard InChI is InChI=1S/C18H18O5/c1-3-12-4-6-13(7-5-12)17(20)11-23-18(21)15-10-14(22-2)8-9-16(15)19/h4-10,19H,3,11H2,1-2H3. The van der Waals surface area contributed by atoms with E-state index >= 15 is 0 Å². The van der Waals surface area contributed by atoms with E-state index in [2.05, 4.69) is 0 Å². The molecule has 0 saturated carbocycles. The van der Waals surface area contributed by atoms with Crippen molar-refractivity contribution in [2.75, 3.05) is 13.7 Å². The van der Waals surface area contributed by atoms with Crippen molar-refractivity contribution >= 4 is 11.8 Å². The zero-order chi connectivity index (χ0) is 16.8. The highest BCUT2D eigenvalue weighted by Gasteiger charge is 2.16. The zero-order valence-corrected chi connectivity index (χ0v) is 13.0. The number of Topliss-reactive ketones (excluding diaryl/α,β-unsaturated/α-hetero) is 1. The van der Waals surface area contributed by atoms with Gasteiger partial charge < -0.3 is 14.6 Å². The van der Waals surface area contributed by atoms with Crippen molar-refractivity contribution in [3.05, 3.63) is 59.2 Å². The third-order valence-corrected chi connectivity index (χ3v) is 3.44. The largest absolute Gasteiger partial charge is 0.507 e. The normalized spacial score (nSPS) is 10.2. The molecule has 0 amide bonds. The number of ether oxygens (including phenoxy) is 2. The molecule has 0 unspecified atom stereocenters. The van der Waals surface area contributed by atoms with Crippen LogP contribution in [0.3, 0.4) is 0 Å². The molecule has 2 aromatic rings. The highest BCUT2D eigenvalue weighted by Crippen LogP contribution is 2.23. The van der Waals surface area contributed by atoms with Crippen LogP contribution in [0.2, 0.25) is 0 Å². The van der Waals surface area contributed by atoms with Gasteiger partial charge in [0.15, 0.2) is 12.4 Å². The SMILES string of the molecule is CCc1ccc(C(=O)COC(=O)c2cc(OC)ccc2O)cc1. The van der Waals surface area contributed by atoms with E-state index in [0.717, 1.165) is 12.0 Å². The molecule has 0 fully saturated rings. The predicted octanol–water partition coefficient (Wildman–Crippen LogP) is 3.00. The number of benzene rings is 2. The number of phenols is 1. The number of aryl methyl sites for hydroxylation is 1. The summed E-state index contributed by atoms with van der Waals surface area (Å²) in [7, 11) is 1.45. The third kappa shape index (κ3) is 4.10. The van der Waals surface area contributed by atoms with Crippen LogP contribution in [0, 0.1) is 0 Å². The van der Waals surface area contributed by atoms with Crippen LogP contribution in [0.4, 0.5) is 0 Å². The molecular formula is C18H18O5. The van der Waals surface area contributed by atoms with Gasteiger partial charge in [0, 0.05) is 5.56 Å². The number of esters is 1. The number of hydrogen-bond acceptors (Lipinski definition) is 5. The van der Waals surface area contributed by atoms with E-state index in [9.17, 15) is 14.7 Å². The average molecular weight is 314 g/mol. The summed E-state index contributed by atoms with van der Waals surface area (Å²) in [5, 5.41) is 9.70. The van der Waals surface area contributed by atoms with Gasteiger partial charge in [0.2, 0.25) is 0 Å². The maximum Gasteiger partial charge on any atom is 0.342 e. The van der Waals surface area contributed by atoms with Gasteiger partial charge in [0.05, 0.1) is 7.11 Å². The van der Waals surface area contributed by atoms with Gasteiger partial charge in [-0.15, -0.1) is 0 Å². The van der Waals surface area contributed by atoms with Gasteiger partial charge in [-0.2, -0.15) is 0 Å². The Balaban J connectivity index is 2.02. The second kappa shape index (κ2) is 7.45. The fourth-order valence-electron chi connectivity index (χ4n) is 2.02. The van der Waals surface area contributed by atoms with Crippen LogP contribution in [0.25, 0.3) is 0 Å². The molecule has 0 aliphatic heterocycles. The van der Waals surface area contributed by atoms with E-state index < -0.39 is 5.97 Å². The van der Waals surface area contributed by atoms with Crippen molar-refractivity contribution < 1.29 is 24.2 Å². The van der Waals surface area contributed by atoms with Gasteiger partial charge in [-0.05, 0) is 30.2 Å². The van der Waals surface area contributed by atoms with Gasteiger partial charge >= 0.3 is 5.97 Å². The Labute approximate surface area is 134 Å². The van der Waals surface area contributed by atoms with E-state index in [1.807, 2.05) is 19.1 Å². The van der Waals surface area contributed by atoms with Crippen molar-refractivity contribution in [3.63, 3.8) is 0 Å². The van der Waals surface area contributed by atoms with Crippen LogP contribution in [0.1, 0.15) is 33.2 Å². The Morgan fingerprint density at radius 2 is 1.78 bits per heavy atom. The lowest BCUT2D eigenvalue weighted by Crippen LogP contribution is -2.14. The Bertz CT molecular complexity index is 704. The van der Waals surface area contributed by atoms with Gasteiger partial charge in [0.1, 0.15) is 17.1 Å². The molecule has 5 nitrogen and oxygen atoms in total. The number of carbonyl (C=O) groups excluding carboxylic acids is 2. The molecule has 0 bridgehead atoms. The first kappa shape index (κ1) is 16.5. The van der Waals surface area contributed by atoms with Crippen molar-refractivity contribution in [2.24, 2.45) is 0 Å². The maximum absolute atomic E-state index is 12.0. The van der Waals surface area contributed by atoms with E-state index in [-0.39, 0.29) is 23.7 Å². The van der Waals surface area contributed by atoms with Crippen LogP contribution in [0.5, 0.6) is 11.5 Å². The van der Waals surface area contributed by atoms with Crippen molar-refractivity contribution in [1.82, 2.24) is 0 Å². The van der Waals surface area contributed by atoms with Crippen LogP contribution in [-0.4, -0.2) is 30.6 Å². The molecule has 1 N–H and O–H groups in total. The second-order valence-electron chi connectivity index (χ2n) is 4.93. The number of methoxy groups -OCH3 is 1. The van der Waals surface area contributed by atoms with Gasteiger partial charge in [-0.25, -0.2) is 4.79 Å². The van der Waals surface area contributed by atoms with Gasteiger partial charge in [-0.1, -0.05) is 31.2 Å². The molecule has 0 aromatic heterocycles. The van der Waals surface area contributed by atoms with Crippen LogP contribution < -0.4 is 4.74 Å². The van der Waals surface area contributed by atoms with Crippen LogP contribution in [-0.2, 0) is 11.2 Å². The molecular weight excluding hydrogens is 296 g/mol. The minimum Gasteiger partial charge on any atom is -0.507 e. The topological polar surface area (TPSA) is 72.8 Å². The Hall–Kier alpha value is -2.82. The summed E-state index contributed by atoms with van der Waals surface area (Å²) < 4.78 is 9.97. The minimum atomic E-state index is -0.778. The summed E-state index contributed by atoms with van der Waals surface area (Å²) in [5.74, 6) is -0.893. The Kier molecular flexibility index (Phi) is 5.36. The van der Waals surface area contributed by atoms with E-state index in [1.165, 1.54) is 25.3 Å². The number of hydrogen-bond donors (Lipinski definition) is 1. The summed E-state index contributed by atoms with van der Waals surface area (Å²) in [6.07, 6.45) is 0.887. The summed E-state index contributed by atoms with van der Waals surface area (Å²) in [6.45, 7) is 1.64. The molecule has 0 saturated heterocycles. The molecule has 0 atom stereocenters. The summed E-state index contributed by atoms with van der Waals surface area (Å²) >= 11 is 0. The fourth-order valence-corrected chi connectivity index (χ4v) is 2.02. The fraction of sp³-hybridized carbons (Fsp3) is 0.222. The van der Waals surface area contributed by atoms with Crippen molar-refractivity contribution in [1.29, 1.82) is 0 Å². The molecule has 2 aromatic carbocycles. The predicted molar refractivity (Wildman–Crippen MR) is 85.1 cm³/mol. The maximum atomic E-state index is 12.0. The summed E-state index contributed by atoms with van der Waals surface area (Å²) in [4.78, 5) is 24.0. The first-order chi connectivity index (χ1) is 11.0. The lowest BCUT2D eigenvalue weighted by molar-refractivity contribution is 0.0471. The highest BCUT2D eigenvalue weighted by atomic mass is 16.5. The monoisotopic (exact) mass is 314 g/mol. The lowest BCUT2D eigenvalue weighted by Gasteiger charge is -2.08. The van der Waals surface area contributed by atoms with E-state index in [1.54, 1.807) is 12.1 Å². The Morgan fingerprint density at radius 3 is 2.39 bits per heavy atom. The van der Waals surface area contributed by atoms with E-state index in [0.29, 0.717) is 11.3 Å². The average Bonchev–Trinajstić information content (AvgIpc) is 2.59. The smallest absolute Gasteiger partial charge is 0.342 e. The number of phenolic OH excluding ortho intramolecular Hbond substituents is 1. The van der Waals surface area contributed by atoms with Gasteiger partial charge in [0.25, 0.3) is 0 Å². The third-order valence-electron chi connectivity index (χ3n) is 3.44. The lowest BCUT2D eigenvalue weighted by atomic mass is 10.1. The summed E-state index contributed by atoms with van der Waals surface area (Å²) in [5.41, 5.74) is 1.56. The number of ketones is 1. The molecule has 2 rings (SSSR count). The second-order valence-corrected chi connectivity index (χ2v) is 4.93. The zero-order valence-electron chi connectivity index (χ0n) is 13.0. The van der Waals surface area contributed by atoms with Crippen molar-refractivity contribution in [2.45, 2.75) is 13.3 Å². The first-order valence-corrected chi connectivity index (χ1v) is 7.21. The van der Waals surface area contributed by atoms with Crippen LogP contribution in [0.15, 0.2) is 42.5 Å². The molecule has 120 valence electrons. The van der Waals surface area contributed by atoms with E-state index in [4.69, 9.17) is 9.47 Å². The first-order valence-electron chi connectivity index (χ1n) is 7.21. The van der Waals surface area contributed by atoms with Crippen molar-refractivity contribution in [3.8, 4) is 11.5 Å². The number of rotatable bonds is 6. The number of aromatic hydroxyl groups is 1. The molecule has 0 heterocycles. The van der Waals surface area contributed by atoms with Gasteiger partial charge in [-0.3, -0.25) is 4.79 Å². The molecule has 0 aliphatic rings. The molecule has 0 spiro atoms.